The van der Waals surface area contributed by atoms with E-state index in [9.17, 15) is 9.59 Å². The van der Waals surface area contributed by atoms with Crippen LogP contribution in [0.5, 0.6) is 0 Å². The minimum atomic E-state index is -1.05. The van der Waals surface area contributed by atoms with Crippen molar-refractivity contribution in [3.8, 4) is 0 Å². The summed E-state index contributed by atoms with van der Waals surface area (Å²) in [6.07, 6.45) is 0.281. The maximum Gasteiger partial charge on any atom is 0.338 e. The van der Waals surface area contributed by atoms with Crippen molar-refractivity contribution >= 4 is 17.6 Å². The van der Waals surface area contributed by atoms with Crippen molar-refractivity contribution in [3.63, 3.8) is 0 Å². The van der Waals surface area contributed by atoms with E-state index < -0.39 is 5.97 Å². The first kappa shape index (κ1) is 14.2. The summed E-state index contributed by atoms with van der Waals surface area (Å²) in [6.45, 7) is 3.99. The molecular weight excluding hydrogens is 232 g/mol. The number of anilines is 1. The van der Waals surface area contributed by atoms with Gasteiger partial charge in [-0.2, -0.15) is 0 Å². The van der Waals surface area contributed by atoms with Gasteiger partial charge in [0.25, 0.3) is 0 Å². The number of nitrogens with one attached hydrogen (secondary N) is 1. The van der Waals surface area contributed by atoms with Crippen LogP contribution in [0.15, 0.2) is 18.2 Å². The first-order valence-corrected chi connectivity index (χ1v) is 5.78. The Balaban J connectivity index is 2.88. The lowest BCUT2D eigenvalue weighted by atomic mass is 10.1. The molecule has 0 aliphatic heterocycles. The summed E-state index contributed by atoms with van der Waals surface area (Å²) < 4.78 is 0. The summed E-state index contributed by atoms with van der Waals surface area (Å²) in [5.74, 6) is -1.19. The number of hydrogen-bond acceptors (Lipinski definition) is 3. The molecule has 5 nitrogen and oxygen atoms in total. The first-order chi connectivity index (χ1) is 8.45. The lowest BCUT2D eigenvalue weighted by molar-refractivity contribution is -0.116. The second kappa shape index (κ2) is 6.16. The molecule has 4 N–H and O–H groups in total. The van der Waals surface area contributed by atoms with Gasteiger partial charge in [0.15, 0.2) is 0 Å². The van der Waals surface area contributed by atoms with Crippen LogP contribution in [-0.4, -0.2) is 23.5 Å². The highest BCUT2D eigenvalue weighted by atomic mass is 16.4. The van der Waals surface area contributed by atoms with Crippen LogP contribution >= 0.6 is 0 Å². The molecule has 18 heavy (non-hydrogen) atoms. The molecule has 1 amide bonds. The summed E-state index contributed by atoms with van der Waals surface area (Å²) >= 11 is 0. The van der Waals surface area contributed by atoms with Crippen LogP contribution in [0.3, 0.4) is 0 Å². The first-order valence-electron chi connectivity index (χ1n) is 5.78. The van der Waals surface area contributed by atoms with Gasteiger partial charge in [-0.15, -0.1) is 0 Å². The van der Waals surface area contributed by atoms with Gasteiger partial charge >= 0.3 is 5.97 Å². The van der Waals surface area contributed by atoms with Gasteiger partial charge in [-0.25, -0.2) is 4.79 Å². The molecule has 0 heterocycles. The molecule has 1 rings (SSSR count). The maximum absolute atomic E-state index is 11.7. The van der Waals surface area contributed by atoms with Gasteiger partial charge in [-0.3, -0.25) is 4.79 Å². The Morgan fingerprint density at radius 3 is 2.67 bits per heavy atom. The Bertz CT molecular complexity index is 458. The van der Waals surface area contributed by atoms with E-state index in [-0.39, 0.29) is 23.8 Å². The van der Waals surface area contributed by atoms with Crippen LogP contribution in [0.4, 0.5) is 5.69 Å². The lowest BCUT2D eigenvalue weighted by Crippen LogP contribution is -2.21. The minimum Gasteiger partial charge on any atom is -0.478 e. The van der Waals surface area contributed by atoms with E-state index in [0.29, 0.717) is 17.8 Å². The third-order valence-corrected chi connectivity index (χ3v) is 2.70. The van der Waals surface area contributed by atoms with Gasteiger partial charge in [-0.1, -0.05) is 19.1 Å². The van der Waals surface area contributed by atoms with Crippen LogP contribution in [0.25, 0.3) is 0 Å². The number of carbonyl (C=O) groups is 2. The number of nitrogens with two attached hydrogens (primary N) is 1. The summed E-state index contributed by atoms with van der Waals surface area (Å²) in [7, 11) is 0. The predicted molar refractivity (Wildman–Crippen MR) is 69.6 cm³/mol. The lowest BCUT2D eigenvalue weighted by Gasteiger charge is -2.12. The molecular formula is C13H18N2O3. The Morgan fingerprint density at radius 2 is 2.11 bits per heavy atom. The maximum atomic E-state index is 11.7. The van der Waals surface area contributed by atoms with Crippen LogP contribution in [0.1, 0.15) is 29.3 Å². The quantitative estimate of drug-likeness (QED) is 0.740. The van der Waals surface area contributed by atoms with Gasteiger partial charge in [0, 0.05) is 6.42 Å². The SMILES string of the molecule is Cc1cccc(NC(=O)CC(C)CN)c1C(=O)O. The topological polar surface area (TPSA) is 92.4 Å². The highest BCUT2D eigenvalue weighted by Crippen LogP contribution is 2.20. The van der Waals surface area contributed by atoms with Crippen LogP contribution < -0.4 is 11.1 Å². The molecule has 0 aromatic heterocycles. The zero-order valence-electron chi connectivity index (χ0n) is 10.6. The summed E-state index contributed by atoms with van der Waals surface area (Å²) in [5.41, 5.74) is 6.52. The van der Waals surface area contributed by atoms with Gasteiger partial charge in [0.2, 0.25) is 5.91 Å². The van der Waals surface area contributed by atoms with Crippen LogP contribution in [0, 0.1) is 12.8 Å². The molecule has 0 radical (unpaired) electrons. The molecule has 1 aromatic rings. The van der Waals surface area contributed by atoms with E-state index in [0.717, 1.165) is 0 Å². The minimum absolute atomic E-state index is 0.0723. The van der Waals surface area contributed by atoms with Crippen molar-refractivity contribution in [1.29, 1.82) is 0 Å². The van der Waals surface area contributed by atoms with E-state index in [1.165, 1.54) is 0 Å². The summed E-state index contributed by atoms with van der Waals surface area (Å²) in [6, 6.07) is 4.99. The average Bonchev–Trinajstić information content (AvgIpc) is 2.28. The van der Waals surface area contributed by atoms with E-state index >= 15 is 0 Å². The molecule has 1 unspecified atom stereocenters. The molecule has 1 aromatic carbocycles. The average molecular weight is 250 g/mol. The van der Waals surface area contributed by atoms with Gasteiger partial charge in [-0.05, 0) is 31.0 Å². The Hall–Kier alpha value is -1.88. The number of carboxylic acids is 1. The van der Waals surface area contributed by atoms with Crippen LogP contribution in [0.2, 0.25) is 0 Å². The fourth-order valence-corrected chi connectivity index (χ4v) is 1.66. The summed E-state index contributed by atoms with van der Waals surface area (Å²) in [5, 5.41) is 11.7. The molecule has 0 fully saturated rings. The molecule has 0 bridgehead atoms. The number of benzene rings is 1. The van der Waals surface area contributed by atoms with Gasteiger partial charge in [0.1, 0.15) is 0 Å². The number of aromatic carboxylic acids is 1. The molecule has 0 aliphatic carbocycles. The van der Waals surface area contributed by atoms with E-state index in [4.69, 9.17) is 10.8 Å². The van der Waals surface area contributed by atoms with E-state index in [1.807, 2.05) is 6.92 Å². The Morgan fingerprint density at radius 1 is 1.44 bits per heavy atom. The number of carbonyl (C=O) groups excluding carboxylic acids is 1. The highest BCUT2D eigenvalue weighted by molar-refractivity contribution is 6.01. The van der Waals surface area contributed by atoms with Crippen LogP contribution in [-0.2, 0) is 4.79 Å². The normalized spacial score (nSPS) is 11.9. The number of hydrogen-bond donors (Lipinski definition) is 3. The largest absolute Gasteiger partial charge is 0.478 e. The van der Waals surface area contributed by atoms with Crippen molar-refractivity contribution in [3.05, 3.63) is 29.3 Å². The van der Waals surface area contributed by atoms with Crippen molar-refractivity contribution in [1.82, 2.24) is 0 Å². The highest BCUT2D eigenvalue weighted by Gasteiger charge is 2.15. The fraction of sp³-hybridized carbons (Fsp3) is 0.385. The monoisotopic (exact) mass is 250 g/mol. The Labute approximate surface area is 106 Å². The van der Waals surface area contributed by atoms with E-state index in [2.05, 4.69) is 5.32 Å². The number of aryl methyl sites for hydroxylation is 1. The zero-order chi connectivity index (χ0) is 13.7. The fourth-order valence-electron chi connectivity index (χ4n) is 1.66. The van der Waals surface area contributed by atoms with Crippen molar-refractivity contribution < 1.29 is 14.7 Å². The molecule has 98 valence electrons. The second-order valence-electron chi connectivity index (χ2n) is 4.40. The number of carboxylic acid groups (broad SMARTS) is 1. The third kappa shape index (κ3) is 3.56. The molecule has 0 saturated carbocycles. The molecule has 0 aliphatic rings. The molecule has 0 saturated heterocycles. The van der Waals surface area contributed by atoms with Crippen molar-refractivity contribution in [2.45, 2.75) is 20.3 Å². The second-order valence-corrected chi connectivity index (χ2v) is 4.40. The van der Waals surface area contributed by atoms with Crippen molar-refractivity contribution in [2.24, 2.45) is 11.7 Å². The Kier molecular flexibility index (Phi) is 4.85. The smallest absolute Gasteiger partial charge is 0.338 e. The summed E-state index contributed by atoms with van der Waals surface area (Å²) in [4.78, 5) is 22.8. The molecule has 1 atom stereocenters. The number of amides is 1. The van der Waals surface area contributed by atoms with Gasteiger partial charge < -0.3 is 16.2 Å². The third-order valence-electron chi connectivity index (χ3n) is 2.70. The predicted octanol–water partition coefficient (Wildman–Crippen LogP) is 1.62. The standard InChI is InChI=1S/C13H18N2O3/c1-8(7-14)6-11(16)15-10-5-3-4-9(2)12(10)13(17)18/h3-5,8H,6-7,14H2,1-2H3,(H,15,16)(H,17,18). The van der Waals surface area contributed by atoms with Crippen molar-refractivity contribution in [2.75, 3.05) is 11.9 Å². The van der Waals surface area contributed by atoms with Gasteiger partial charge in [0.05, 0.1) is 11.3 Å². The molecule has 5 heteroatoms. The zero-order valence-corrected chi connectivity index (χ0v) is 10.6. The molecule has 0 spiro atoms. The van der Waals surface area contributed by atoms with E-state index in [1.54, 1.807) is 25.1 Å². The number of rotatable bonds is 5.